The second kappa shape index (κ2) is 7.33. The molecule has 2 amide bonds. The lowest BCUT2D eigenvalue weighted by Crippen LogP contribution is -2.36. The van der Waals surface area contributed by atoms with Gasteiger partial charge in [0.05, 0.1) is 18.0 Å². The summed E-state index contributed by atoms with van der Waals surface area (Å²) in [6, 6.07) is 4.70. The first-order chi connectivity index (χ1) is 10.6. The Kier molecular flexibility index (Phi) is 5.46. The van der Waals surface area contributed by atoms with Crippen LogP contribution in [0.15, 0.2) is 18.2 Å². The van der Waals surface area contributed by atoms with Crippen LogP contribution in [0.1, 0.15) is 22.2 Å². The van der Waals surface area contributed by atoms with E-state index in [1.165, 1.54) is 24.5 Å². The van der Waals surface area contributed by atoms with Crippen molar-refractivity contribution >= 4 is 33.2 Å². The molecule has 118 valence electrons. The topological polar surface area (TPSA) is 67.4 Å². The molecule has 0 aliphatic carbocycles. The number of amides is 2. The van der Waals surface area contributed by atoms with Crippen molar-refractivity contribution in [3.63, 3.8) is 0 Å². The van der Waals surface area contributed by atoms with Crippen LogP contribution in [-0.4, -0.2) is 32.0 Å². The number of nitrogens with one attached hydrogen (secondary N) is 2. The van der Waals surface area contributed by atoms with Crippen molar-refractivity contribution in [2.45, 2.75) is 13.5 Å². The van der Waals surface area contributed by atoms with Crippen LogP contribution in [0.2, 0.25) is 0 Å². The smallest absolute Gasteiger partial charge is 0.262 e. The molecular weight excluding hydrogens is 307 g/mol. The highest BCUT2D eigenvalue weighted by Gasteiger charge is 2.20. The standard InChI is InChI=1S/C15H17FN2O3S/c1-3-17-12(19)7-18-15(20)14-9(8-21-2)13-10(16)5-4-6-11(13)22-14/h4-6H,3,7-8H2,1-2H3,(H,17,19)(H,18,20). The lowest BCUT2D eigenvalue weighted by molar-refractivity contribution is -0.120. The molecule has 5 nitrogen and oxygen atoms in total. The summed E-state index contributed by atoms with van der Waals surface area (Å²) in [5, 5.41) is 5.54. The summed E-state index contributed by atoms with van der Waals surface area (Å²) in [5.74, 6) is -1.06. The fourth-order valence-electron chi connectivity index (χ4n) is 2.13. The van der Waals surface area contributed by atoms with Crippen LogP contribution in [-0.2, 0) is 16.1 Å². The first-order valence-electron chi connectivity index (χ1n) is 6.82. The molecule has 0 radical (unpaired) electrons. The van der Waals surface area contributed by atoms with Crippen LogP contribution >= 0.6 is 11.3 Å². The normalized spacial score (nSPS) is 10.7. The van der Waals surface area contributed by atoms with E-state index in [1.807, 2.05) is 0 Å². The molecule has 0 spiro atoms. The summed E-state index contributed by atoms with van der Waals surface area (Å²) in [6.45, 7) is 2.31. The molecule has 0 aliphatic rings. The molecule has 0 saturated carbocycles. The maximum absolute atomic E-state index is 14.0. The van der Waals surface area contributed by atoms with Gasteiger partial charge in [-0.3, -0.25) is 9.59 Å². The fraction of sp³-hybridized carbons (Fsp3) is 0.333. The van der Waals surface area contributed by atoms with Gasteiger partial charge in [-0.2, -0.15) is 0 Å². The van der Waals surface area contributed by atoms with Gasteiger partial charge in [-0.15, -0.1) is 11.3 Å². The average Bonchev–Trinajstić information content (AvgIpc) is 2.86. The molecule has 1 aromatic carbocycles. The number of carbonyl (C=O) groups is 2. The molecule has 0 saturated heterocycles. The number of hydrogen-bond acceptors (Lipinski definition) is 4. The molecule has 0 unspecified atom stereocenters. The minimum Gasteiger partial charge on any atom is -0.380 e. The first kappa shape index (κ1) is 16.4. The maximum atomic E-state index is 14.0. The van der Waals surface area contributed by atoms with Gasteiger partial charge in [-0.1, -0.05) is 6.07 Å². The molecule has 0 aliphatic heterocycles. The summed E-state index contributed by atoms with van der Waals surface area (Å²) in [7, 11) is 1.49. The molecule has 2 aromatic rings. The van der Waals surface area contributed by atoms with Gasteiger partial charge in [-0.25, -0.2) is 4.39 Å². The Hall–Kier alpha value is -1.99. The maximum Gasteiger partial charge on any atom is 0.262 e. The van der Waals surface area contributed by atoms with Crippen molar-refractivity contribution in [1.82, 2.24) is 10.6 Å². The van der Waals surface area contributed by atoms with Gasteiger partial charge in [0.15, 0.2) is 0 Å². The molecule has 7 heteroatoms. The van der Waals surface area contributed by atoms with E-state index in [-0.39, 0.29) is 24.9 Å². The van der Waals surface area contributed by atoms with Gasteiger partial charge >= 0.3 is 0 Å². The van der Waals surface area contributed by atoms with Gasteiger partial charge < -0.3 is 15.4 Å². The number of methoxy groups -OCH3 is 1. The molecule has 1 aromatic heterocycles. The van der Waals surface area contributed by atoms with Crippen LogP contribution in [0.4, 0.5) is 4.39 Å². The second-order valence-electron chi connectivity index (χ2n) is 4.59. The van der Waals surface area contributed by atoms with Gasteiger partial charge in [0.25, 0.3) is 5.91 Å². The number of benzene rings is 1. The number of hydrogen-bond donors (Lipinski definition) is 2. The molecule has 2 N–H and O–H groups in total. The van der Waals surface area contributed by atoms with Crippen LogP contribution in [0.25, 0.3) is 10.1 Å². The number of thiophene rings is 1. The molecular formula is C15H17FN2O3S. The highest BCUT2D eigenvalue weighted by Crippen LogP contribution is 2.33. The van der Waals surface area contributed by atoms with E-state index in [2.05, 4.69) is 10.6 Å². The summed E-state index contributed by atoms with van der Waals surface area (Å²) >= 11 is 1.19. The fourth-order valence-corrected chi connectivity index (χ4v) is 3.27. The summed E-state index contributed by atoms with van der Waals surface area (Å²) in [4.78, 5) is 24.0. The molecule has 0 fully saturated rings. The van der Waals surface area contributed by atoms with Gasteiger partial charge in [0.1, 0.15) is 5.82 Å². The zero-order chi connectivity index (χ0) is 16.1. The number of rotatable bonds is 6. The lowest BCUT2D eigenvalue weighted by atomic mass is 10.1. The highest BCUT2D eigenvalue weighted by molar-refractivity contribution is 7.21. The van der Waals surface area contributed by atoms with E-state index in [4.69, 9.17) is 4.74 Å². The quantitative estimate of drug-likeness (QED) is 0.854. The van der Waals surface area contributed by atoms with Crippen molar-refractivity contribution in [2.24, 2.45) is 0 Å². The molecule has 0 atom stereocenters. The minimum atomic E-state index is -0.404. The predicted octanol–water partition coefficient (Wildman–Crippen LogP) is 2.05. The third-order valence-electron chi connectivity index (χ3n) is 3.04. The number of carbonyl (C=O) groups excluding carboxylic acids is 2. The van der Waals surface area contributed by atoms with Gasteiger partial charge in [-0.05, 0) is 19.1 Å². The average molecular weight is 324 g/mol. The number of likely N-dealkylation sites (N-methyl/N-ethyl adjacent to an activating group) is 1. The summed E-state index contributed by atoms with van der Waals surface area (Å²) in [6.07, 6.45) is 0. The third kappa shape index (κ3) is 3.42. The van der Waals surface area contributed by atoms with E-state index in [0.717, 1.165) is 0 Å². The molecule has 1 heterocycles. The van der Waals surface area contributed by atoms with Crippen LogP contribution < -0.4 is 10.6 Å². The Bertz CT molecular complexity index is 699. The first-order valence-corrected chi connectivity index (χ1v) is 7.63. The summed E-state index contributed by atoms with van der Waals surface area (Å²) in [5.41, 5.74) is 0.508. The lowest BCUT2D eigenvalue weighted by Gasteiger charge is -2.06. The Morgan fingerprint density at radius 1 is 1.32 bits per heavy atom. The van der Waals surface area contributed by atoms with Crippen LogP contribution in [0.3, 0.4) is 0 Å². The van der Waals surface area contributed by atoms with Crippen LogP contribution in [0.5, 0.6) is 0 Å². The van der Waals surface area contributed by atoms with E-state index in [1.54, 1.807) is 19.1 Å². The number of fused-ring (bicyclic) bond motifs is 1. The molecule has 0 bridgehead atoms. The Balaban J connectivity index is 2.30. The van der Waals surface area contributed by atoms with E-state index in [0.29, 0.717) is 27.1 Å². The largest absolute Gasteiger partial charge is 0.380 e. The highest BCUT2D eigenvalue weighted by atomic mass is 32.1. The van der Waals surface area contributed by atoms with E-state index in [9.17, 15) is 14.0 Å². The third-order valence-corrected chi connectivity index (χ3v) is 4.24. The van der Waals surface area contributed by atoms with Crippen molar-refractivity contribution in [2.75, 3.05) is 20.2 Å². The van der Waals surface area contributed by atoms with Crippen molar-refractivity contribution in [3.05, 3.63) is 34.5 Å². The number of ether oxygens (including phenoxy) is 1. The minimum absolute atomic E-state index is 0.115. The van der Waals surface area contributed by atoms with Crippen LogP contribution in [0, 0.1) is 5.82 Å². The van der Waals surface area contributed by atoms with Gasteiger partial charge in [0, 0.05) is 29.3 Å². The predicted molar refractivity (Wildman–Crippen MR) is 83.5 cm³/mol. The Morgan fingerprint density at radius 3 is 2.77 bits per heavy atom. The monoisotopic (exact) mass is 324 g/mol. The number of halogens is 1. The van der Waals surface area contributed by atoms with Crippen molar-refractivity contribution in [1.29, 1.82) is 0 Å². The Labute approximate surface area is 131 Å². The van der Waals surface area contributed by atoms with Crippen molar-refractivity contribution < 1.29 is 18.7 Å². The summed E-state index contributed by atoms with van der Waals surface area (Å²) < 4.78 is 19.8. The zero-order valence-electron chi connectivity index (χ0n) is 12.4. The second-order valence-corrected chi connectivity index (χ2v) is 5.64. The Morgan fingerprint density at radius 2 is 2.09 bits per heavy atom. The SMILES string of the molecule is CCNC(=O)CNC(=O)c1sc2cccc(F)c2c1COC. The zero-order valence-corrected chi connectivity index (χ0v) is 13.2. The van der Waals surface area contributed by atoms with E-state index < -0.39 is 5.91 Å². The molecule has 22 heavy (non-hydrogen) atoms. The van der Waals surface area contributed by atoms with Crippen molar-refractivity contribution in [3.8, 4) is 0 Å². The molecule has 2 rings (SSSR count). The van der Waals surface area contributed by atoms with E-state index >= 15 is 0 Å². The van der Waals surface area contributed by atoms with Gasteiger partial charge in [0.2, 0.25) is 5.91 Å².